The topological polar surface area (TPSA) is 90.2 Å². The molecule has 0 bridgehead atoms. The standard InChI is InChI=1S/C27H27F3N8/c1-15-12-22(36(3)35-15)20-7-4-17-5-8-21(32-24(17)16(20)2)26-34-33-23-9-6-18(13-38(23)26)25(27(28,29)30)37-11-10-19(31)14-37/h4-9,12-13,19,25H,10-11,14,31H2,1-3H3/t19-,25+/m0/s1. The van der Waals surface area contributed by atoms with Crippen LogP contribution in [-0.2, 0) is 7.05 Å². The monoisotopic (exact) mass is 520 g/mol. The fraction of sp³-hybridized carbons (Fsp3) is 0.333. The van der Waals surface area contributed by atoms with Gasteiger partial charge in [0.2, 0.25) is 0 Å². The minimum Gasteiger partial charge on any atom is -0.326 e. The van der Waals surface area contributed by atoms with Crippen LogP contribution in [0.25, 0.3) is 39.3 Å². The minimum atomic E-state index is -4.45. The van der Waals surface area contributed by atoms with Crippen LogP contribution < -0.4 is 5.73 Å². The second kappa shape index (κ2) is 8.88. The number of pyridine rings is 2. The van der Waals surface area contributed by atoms with Crippen molar-refractivity contribution in [3.63, 3.8) is 0 Å². The van der Waals surface area contributed by atoms with Crippen molar-refractivity contribution in [1.29, 1.82) is 0 Å². The highest BCUT2D eigenvalue weighted by Crippen LogP contribution is 2.39. The zero-order valence-corrected chi connectivity index (χ0v) is 21.2. The summed E-state index contributed by atoms with van der Waals surface area (Å²) in [6.07, 6.45) is -2.45. The molecule has 0 unspecified atom stereocenters. The van der Waals surface area contributed by atoms with Crippen LogP contribution in [0.3, 0.4) is 0 Å². The van der Waals surface area contributed by atoms with E-state index in [0.29, 0.717) is 30.1 Å². The van der Waals surface area contributed by atoms with Crippen LogP contribution in [0.5, 0.6) is 0 Å². The normalized spacial score (nSPS) is 17.6. The molecule has 1 aromatic carbocycles. The molecule has 2 atom stereocenters. The number of likely N-dealkylation sites (tertiary alicyclic amines) is 1. The van der Waals surface area contributed by atoms with E-state index in [2.05, 4.69) is 21.4 Å². The summed E-state index contributed by atoms with van der Waals surface area (Å²) in [6, 6.07) is 10.9. The van der Waals surface area contributed by atoms with Crippen LogP contribution in [0, 0.1) is 13.8 Å². The van der Waals surface area contributed by atoms with Crippen LogP contribution in [0.1, 0.15) is 29.3 Å². The zero-order chi connectivity index (χ0) is 26.8. The number of alkyl halides is 3. The van der Waals surface area contributed by atoms with Gasteiger partial charge >= 0.3 is 6.18 Å². The molecule has 0 spiro atoms. The van der Waals surface area contributed by atoms with Crippen molar-refractivity contribution in [2.24, 2.45) is 12.8 Å². The van der Waals surface area contributed by atoms with E-state index in [-0.39, 0.29) is 18.2 Å². The summed E-state index contributed by atoms with van der Waals surface area (Å²) < 4.78 is 46.1. The predicted molar refractivity (Wildman–Crippen MR) is 138 cm³/mol. The van der Waals surface area contributed by atoms with E-state index >= 15 is 0 Å². The van der Waals surface area contributed by atoms with Gasteiger partial charge in [-0.05, 0) is 49.6 Å². The van der Waals surface area contributed by atoms with Gasteiger partial charge in [-0.2, -0.15) is 18.3 Å². The van der Waals surface area contributed by atoms with Gasteiger partial charge in [0, 0.05) is 43.3 Å². The lowest BCUT2D eigenvalue weighted by atomic mass is 10.0. The summed E-state index contributed by atoms with van der Waals surface area (Å²) in [5.41, 5.74) is 11.7. The van der Waals surface area contributed by atoms with Gasteiger partial charge in [0.05, 0.1) is 16.9 Å². The van der Waals surface area contributed by atoms with Gasteiger partial charge in [-0.3, -0.25) is 14.0 Å². The van der Waals surface area contributed by atoms with E-state index in [4.69, 9.17) is 10.7 Å². The molecule has 38 heavy (non-hydrogen) atoms. The molecule has 196 valence electrons. The van der Waals surface area contributed by atoms with Crippen molar-refractivity contribution in [2.45, 2.75) is 38.5 Å². The van der Waals surface area contributed by atoms with E-state index in [1.54, 1.807) is 10.5 Å². The molecular formula is C27H27F3N8. The molecule has 5 heterocycles. The Hall–Kier alpha value is -3.83. The molecule has 4 aromatic heterocycles. The van der Waals surface area contributed by atoms with Crippen LogP contribution in [0.15, 0.2) is 48.7 Å². The number of hydrogen-bond donors (Lipinski definition) is 1. The van der Waals surface area contributed by atoms with E-state index in [1.807, 2.05) is 49.8 Å². The highest BCUT2D eigenvalue weighted by atomic mass is 19.4. The van der Waals surface area contributed by atoms with Gasteiger partial charge in [-0.1, -0.05) is 24.3 Å². The number of aromatic nitrogens is 6. The van der Waals surface area contributed by atoms with Gasteiger partial charge < -0.3 is 5.73 Å². The molecule has 1 saturated heterocycles. The molecule has 5 aromatic rings. The predicted octanol–water partition coefficient (Wildman–Crippen LogP) is 4.60. The Kier molecular flexibility index (Phi) is 5.73. The van der Waals surface area contributed by atoms with Crippen molar-refractivity contribution < 1.29 is 13.2 Å². The van der Waals surface area contributed by atoms with Gasteiger partial charge in [0.25, 0.3) is 0 Å². The van der Waals surface area contributed by atoms with Crippen molar-refractivity contribution >= 4 is 16.6 Å². The Morgan fingerprint density at radius 2 is 1.84 bits per heavy atom. The van der Waals surface area contributed by atoms with Gasteiger partial charge in [-0.25, -0.2) is 4.98 Å². The Balaban J connectivity index is 1.46. The first-order chi connectivity index (χ1) is 18.1. The second-order valence-electron chi connectivity index (χ2n) is 10.0. The van der Waals surface area contributed by atoms with Crippen molar-refractivity contribution in [2.75, 3.05) is 13.1 Å². The summed E-state index contributed by atoms with van der Waals surface area (Å²) >= 11 is 0. The third kappa shape index (κ3) is 4.11. The molecule has 11 heteroatoms. The first kappa shape index (κ1) is 24.5. The average molecular weight is 521 g/mol. The Labute approximate surface area is 216 Å². The first-order valence-corrected chi connectivity index (χ1v) is 12.4. The number of fused-ring (bicyclic) bond motifs is 2. The van der Waals surface area contributed by atoms with Gasteiger partial charge in [0.1, 0.15) is 11.7 Å². The molecule has 0 amide bonds. The smallest absolute Gasteiger partial charge is 0.326 e. The minimum absolute atomic E-state index is 0.117. The molecular weight excluding hydrogens is 493 g/mol. The maximum Gasteiger partial charge on any atom is 0.408 e. The number of benzene rings is 1. The molecule has 6 rings (SSSR count). The fourth-order valence-corrected chi connectivity index (χ4v) is 5.50. The average Bonchev–Trinajstić information content (AvgIpc) is 3.56. The lowest BCUT2D eigenvalue weighted by molar-refractivity contribution is -0.183. The number of rotatable bonds is 4. The first-order valence-electron chi connectivity index (χ1n) is 12.4. The molecule has 1 fully saturated rings. The largest absolute Gasteiger partial charge is 0.408 e. The molecule has 0 radical (unpaired) electrons. The number of nitrogens with zero attached hydrogens (tertiary/aromatic N) is 7. The van der Waals surface area contributed by atoms with Crippen LogP contribution in [-0.4, -0.2) is 59.6 Å². The quantitative estimate of drug-likeness (QED) is 0.373. The summed E-state index contributed by atoms with van der Waals surface area (Å²) in [5.74, 6) is 0.379. The van der Waals surface area contributed by atoms with E-state index in [1.165, 1.54) is 17.2 Å². The van der Waals surface area contributed by atoms with Gasteiger partial charge in [-0.15, -0.1) is 10.2 Å². The lowest BCUT2D eigenvalue weighted by Crippen LogP contribution is -2.38. The fourth-order valence-electron chi connectivity index (χ4n) is 5.50. The van der Waals surface area contributed by atoms with Crippen molar-refractivity contribution in [1.82, 2.24) is 34.3 Å². The highest BCUT2D eigenvalue weighted by Gasteiger charge is 2.46. The number of halogens is 3. The van der Waals surface area contributed by atoms with Crippen LogP contribution in [0.2, 0.25) is 0 Å². The summed E-state index contributed by atoms with van der Waals surface area (Å²) in [5, 5.41) is 13.9. The molecule has 1 aliphatic heterocycles. The van der Waals surface area contributed by atoms with Crippen molar-refractivity contribution in [3.05, 3.63) is 65.5 Å². The number of nitrogens with two attached hydrogens (primary N) is 1. The molecule has 2 N–H and O–H groups in total. The lowest BCUT2D eigenvalue weighted by Gasteiger charge is -2.30. The second-order valence-corrected chi connectivity index (χ2v) is 10.0. The molecule has 0 aliphatic carbocycles. The third-order valence-corrected chi connectivity index (χ3v) is 7.29. The van der Waals surface area contributed by atoms with E-state index in [9.17, 15) is 13.2 Å². The molecule has 0 saturated carbocycles. The number of hydrogen-bond acceptors (Lipinski definition) is 6. The van der Waals surface area contributed by atoms with E-state index < -0.39 is 12.2 Å². The third-order valence-electron chi connectivity index (χ3n) is 7.29. The van der Waals surface area contributed by atoms with Gasteiger partial charge in [0.15, 0.2) is 11.5 Å². The maximum atomic E-state index is 14.2. The highest BCUT2D eigenvalue weighted by molar-refractivity contribution is 5.89. The summed E-state index contributed by atoms with van der Waals surface area (Å²) in [7, 11) is 1.90. The number of aryl methyl sites for hydroxylation is 3. The molecule has 8 nitrogen and oxygen atoms in total. The SMILES string of the molecule is Cc1cc(-c2ccc3ccc(-c4nnc5ccc([C@@H](N6CC[C@H](N)C6)C(F)(F)F)cn45)nc3c2C)n(C)n1. The van der Waals surface area contributed by atoms with Crippen molar-refractivity contribution in [3.8, 4) is 22.8 Å². The summed E-state index contributed by atoms with van der Waals surface area (Å²) in [4.78, 5) is 6.30. The van der Waals surface area contributed by atoms with E-state index in [0.717, 1.165) is 33.4 Å². The zero-order valence-electron chi connectivity index (χ0n) is 21.2. The Morgan fingerprint density at radius 1 is 1.05 bits per heavy atom. The molecule has 1 aliphatic rings. The maximum absolute atomic E-state index is 14.2. The Bertz CT molecular complexity index is 1670. The Morgan fingerprint density at radius 3 is 2.53 bits per heavy atom. The van der Waals surface area contributed by atoms with Crippen LogP contribution in [0.4, 0.5) is 13.2 Å². The van der Waals surface area contributed by atoms with Crippen LogP contribution >= 0.6 is 0 Å². The summed E-state index contributed by atoms with van der Waals surface area (Å²) in [6.45, 7) is 4.44.